The molecule has 0 bridgehead atoms. The minimum atomic E-state index is 0.0696. The average molecular weight is 276 g/mol. The minimum absolute atomic E-state index is 0.0696. The molecule has 0 spiro atoms. The zero-order chi connectivity index (χ0) is 13.6. The Bertz CT molecular complexity index is 664. The van der Waals surface area contributed by atoms with E-state index in [2.05, 4.69) is 29.5 Å². The van der Waals surface area contributed by atoms with Gasteiger partial charge in [-0.2, -0.15) is 0 Å². The zero-order valence-electron chi connectivity index (χ0n) is 11.7. The maximum atomic E-state index is 5.69. The molecule has 1 aromatic heterocycles. The quantitative estimate of drug-likeness (QED) is 0.846. The number of benzene rings is 1. The molecule has 19 heavy (non-hydrogen) atoms. The summed E-state index contributed by atoms with van der Waals surface area (Å²) in [6.45, 7) is 7.22. The maximum Gasteiger partial charge on any atom is 0.178 e. The summed E-state index contributed by atoms with van der Waals surface area (Å²) in [5.41, 5.74) is 2.23. The summed E-state index contributed by atoms with van der Waals surface area (Å²) in [6, 6.07) is 6.15. The Balaban J connectivity index is 2.23. The van der Waals surface area contributed by atoms with E-state index in [1.165, 1.54) is 12.8 Å². The molecule has 0 atom stereocenters. The highest BCUT2D eigenvalue weighted by Gasteiger charge is 2.40. The predicted octanol–water partition coefficient (Wildman–Crippen LogP) is 4.24. The van der Waals surface area contributed by atoms with E-state index < -0.39 is 0 Å². The van der Waals surface area contributed by atoms with Gasteiger partial charge in [0.25, 0.3) is 0 Å². The van der Waals surface area contributed by atoms with Crippen LogP contribution in [0.15, 0.2) is 18.2 Å². The topological polar surface area (TPSA) is 29.9 Å². The molecule has 0 aliphatic heterocycles. The van der Waals surface area contributed by atoms with Gasteiger partial charge in [-0.3, -0.25) is 0 Å². The number of imidazole rings is 1. The normalized spacial score (nSPS) is 15.9. The van der Waals surface area contributed by atoms with E-state index in [1.54, 1.807) is 0 Å². The van der Waals surface area contributed by atoms with Gasteiger partial charge in [-0.25, -0.2) is 0 Å². The molecule has 0 unspecified atom stereocenters. The first-order valence-corrected chi connectivity index (χ1v) is 7.33. The molecule has 1 fully saturated rings. The monoisotopic (exact) mass is 276 g/mol. The number of H-pyrrole nitrogens is 1. The molecule has 1 saturated carbocycles. The third-order valence-electron chi connectivity index (χ3n) is 4.13. The van der Waals surface area contributed by atoms with Gasteiger partial charge in [0, 0.05) is 5.54 Å². The van der Waals surface area contributed by atoms with Crippen LogP contribution in [0.1, 0.15) is 33.6 Å². The van der Waals surface area contributed by atoms with Crippen LogP contribution >= 0.6 is 12.2 Å². The van der Waals surface area contributed by atoms with Crippen LogP contribution in [0.25, 0.3) is 11.0 Å². The molecule has 1 aliphatic rings. The van der Waals surface area contributed by atoms with E-state index in [-0.39, 0.29) is 5.54 Å². The lowest BCUT2D eigenvalue weighted by atomic mass is 9.98. The Morgan fingerprint density at radius 2 is 2.16 bits per heavy atom. The second kappa shape index (κ2) is 4.37. The van der Waals surface area contributed by atoms with E-state index in [0.717, 1.165) is 27.5 Å². The number of nitrogens with zero attached hydrogens (tertiary/aromatic N) is 1. The fourth-order valence-electron chi connectivity index (χ4n) is 2.92. The van der Waals surface area contributed by atoms with Gasteiger partial charge in [0.05, 0.1) is 12.1 Å². The summed E-state index contributed by atoms with van der Waals surface area (Å²) < 4.78 is 8.74. The van der Waals surface area contributed by atoms with Crippen molar-refractivity contribution in [2.24, 2.45) is 5.92 Å². The first-order chi connectivity index (χ1) is 9.05. The van der Waals surface area contributed by atoms with Crippen LogP contribution < -0.4 is 4.74 Å². The Morgan fingerprint density at radius 3 is 2.79 bits per heavy atom. The van der Waals surface area contributed by atoms with Crippen LogP contribution in [-0.2, 0) is 5.54 Å². The summed E-state index contributed by atoms with van der Waals surface area (Å²) in [6.07, 6.45) is 2.60. The molecule has 2 aromatic rings. The smallest absolute Gasteiger partial charge is 0.178 e. The van der Waals surface area contributed by atoms with Gasteiger partial charge in [-0.15, -0.1) is 0 Å². The maximum absolute atomic E-state index is 5.69. The highest BCUT2D eigenvalue weighted by atomic mass is 32.1. The summed E-state index contributed by atoms with van der Waals surface area (Å²) >= 11 is 5.54. The molecule has 1 N–H and O–H groups in total. The van der Waals surface area contributed by atoms with Crippen LogP contribution in [0.2, 0.25) is 0 Å². The van der Waals surface area contributed by atoms with Gasteiger partial charge in [-0.1, -0.05) is 6.07 Å². The number of rotatable bonds is 4. The third kappa shape index (κ3) is 1.98. The van der Waals surface area contributed by atoms with E-state index >= 15 is 0 Å². The molecule has 0 radical (unpaired) electrons. The van der Waals surface area contributed by atoms with Crippen molar-refractivity contribution in [3.05, 3.63) is 23.0 Å². The largest absolute Gasteiger partial charge is 0.492 e. The molecular weight excluding hydrogens is 256 g/mol. The lowest BCUT2D eigenvalue weighted by Gasteiger charge is -2.27. The van der Waals surface area contributed by atoms with Crippen LogP contribution in [0.5, 0.6) is 5.75 Å². The Morgan fingerprint density at radius 1 is 1.42 bits per heavy atom. The average Bonchev–Trinajstić information content (AvgIpc) is 3.13. The third-order valence-corrected chi connectivity index (χ3v) is 4.42. The van der Waals surface area contributed by atoms with Crippen molar-refractivity contribution in [3.8, 4) is 5.75 Å². The Kier molecular flexibility index (Phi) is 2.93. The number of hydrogen-bond donors (Lipinski definition) is 1. The molecule has 3 nitrogen and oxygen atoms in total. The number of hydrogen-bond acceptors (Lipinski definition) is 2. The number of fused-ring (bicyclic) bond motifs is 1. The molecular formula is C15H20N2OS. The summed E-state index contributed by atoms with van der Waals surface area (Å²) in [7, 11) is 0. The SMILES string of the molecule is CCOc1cccc2c1[nH]c(=S)n2C(C)(C)C1CC1. The number of nitrogens with one attached hydrogen (secondary N) is 1. The standard InChI is InChI=1S/C15H20N2OS/c1-4-18-12-7-5-6-11-13(12)16-14(19)17(11)15(2,3)10-8-9-10/h5-7,10H,4,8-9H2,1-3H3,(H,16,19). The van der Waals surface area contributed by atoms with Gasteiger partial charge in [0.1, 0.15) is 11.3 Å². The Labute approximate surface area is 118 Å². The van der Waals surface area contributed by atoms with Gasteiger partial charge in [-0.05, 0) is 63.9 Å². The molecule has 0 saturated heterocycles. The predicted molar refractivity (Wildman–Crippen MR) is 80.3 cm³/mol. The van der Waals surface area contributed by atoms with E-state index in [4.69, 9.17) is 17.0 Å². The van der Waals surface area contributed by atoms with Gasteiger partial charge >= 0.3 is 0 Å². The van der Waals surface area contributed by atoms with Gasteiger partial charge in [0.2, 0.25) is 0 Å². The number of aromatic amines is 1. The van der Waals surface area contributed by atoms with E-state index in [0.29, 0.717) is 6.61 Å². The summed E-state index contributed by atoms with van der Waals surface area (Å²) in [4.78, 5) is 3.32. The van der Waals surface area contributed by atoms with Crippen molar-refractivity contribution in [1.82, 2.24) is 9.55 Å². The fraction of sp³-hybridized carbons (Fsp3) is 0.533. The van der Waals surface area contributed by atoms with Crippen molar-refractivity contribution in [2.75, 3.05) is 6.61 Å². The number of aromatic nitrogens is 2. The van der Waals surface area contributed by atoms with Crippen LogP contribution in [0.3, 0.4) is 0 Å². The Hall–Kier alpha value is -1.29. The second-order valence-electron chi connectivity index (χ2n) is 5.78. The lowest BCUT2D eigenvalue weighted by molar-refractivity contribution is 0.310. The summed E-state index contributed by atoms with van der Waals surface area (Å²) in [5.74, 6) is 1.62. The first kappa shape index (κ1) is 12.7. The van der Waals surface area contributed by atoms with Crippen LogP contribution in [-0.4, -0.2) is 16.2 Å². The van der Waals surface area contributed by atoms with Crippen molar-refractivity contribution in [3.63, 3.8) is 0 Å². The van der Waals surface area contributed by atoms with Gasteiger partial charge < -0.3 is 14.3 Å². The molecule has 4 heteroatoms. The van der Waals surface area contributed by atoms with Crippen molar-refractivity contribution < 1.29 is 4.74 Å². The molecule has 102 valence electrons. The van der Waals surface area contributed by atoms with Crippen molar-refractivity contribution >= 4 is 23.3 Å². The number of para-hydroxylation sites is 1. The van der Waals surface area contributed by atoms with Crippen LogP contribution in [0, 0.1) is 10.7 Å². The minimum Gasteiger partial charge on any atom is -0.492 e. The van der Waals surface area contributed by atoms with Crippen molar-refractivity contribution in [2.45, 2.75) is 39.2 Å². The lowest BCUT2D eigenvalue weighted by Crippen LogP contribution is -2.28. The van der Waals surface area contributed by atoms with Crippen molar-refractivity contribution in [1.29, 1.82) is 0 Å². The first-order valence-electron chi connectivity index (χ1n) is 6.92. The second-order valence-corrected chi connectivity index (χ2v) is 6.16. The fourth-order valence-corrected chi connectivity index (χ4v) is 3.36. The molecule has 3 rings (SSSR count). The molecule has 1 heterocycles. The highest BCUT2D eigenvalue weighted by molar-refractivity contribution is 7.71. The van der Waals surface area contributed by atoms with E-state index in [9.17, 15) is 0 Å². The van der Waals surface area contributed by atoms with E-state index in [1.807, 2.05) is 19.1 Å². The molecule has 0 amide bonds. The molecule has 1 aromatic carbocycles. The summed E-state index contributed by atoms with van der Waals surface area (Å²) in [5, 5.41) is 0. The number of ether oxygens (including phenoxy) is 1. The molecule has 1 aliphatic carbocycles. The zero-order valence-corrected chi connectivity index (χ0v) is 12.5. The highest BCUT2D eigenvalue weighted by Crippen LogP contribution is 2.45. The van der Waals surface area contributed by atoms with Crippen LogP contribution in [0.4, 0.5) is 0 Å². The van der Waals surface area contributed by atoms with Gasteiger partial charge in [0.15, 0.2) is 4.77 Å².